The number of nitrogens with zero attached hydrogens (tertiary/aromatic N) is 3. The first-order valence-corrected chi connectivity index (χ1v) is 6.19. The summed E-state index contributed by atoms with van der Waals surface area (Å²) in [6.07, 6.45) is 4.28. The molecular formula is C14H14N4O. The number of fused-ring (bicyclic) bond motifs is 1. The van der Waals surface area contributed by atoms with Gasteiger partial charge in [0.2, 0.25) is 11.9 Å². The van der Waals surface area contributed by atoms with Crippen LogP contribution in [0, 0.1) is 0 Å². The second-order valence-electron chi connectivity index (χ2n) is 4.46. The molecule has 1 N–H and O–H groups in total. The molecule has 1 aliphatic heterocycles. The number of hydrogen-bond acceptors (Lipinski definition) is 4. The van der Waals surface area contributed by atoms with Gasteiger partial charge in [-0.25, -0.2) is 9.97 Å². The summed E-state index contributed by atoms with van der Waals surface area (Å²) >= 11 is 0. The monoisotopic (exact) mass is 254 g/mol. The summed E-state index contributed by atoms with van der Waals surface area (Å²) in [4.78, 5) is 21.5. The minimum atomic E-state index is 0.0888. The number of hydrogen-bond donors (Lipinski definition) is 1. The first-order valence-electron chi connectivity index (χ1n) is 6.19. The lowest BCUT2D eigenvalue weighted by Gasteiger charge is -2.15. The molecule has 2 heterocycles. The van der Waals surface area contributed by atoms with Gasteiger partial charge in [0.05, 0.1) is 0 Å². The molecule has 0 fully saturated rings. The Hall–Kier alpha value is -2.43. The van der Waals surface area contributed by atoms with Crippen LogP contribution in [-0.4, -0.2) is 22.4 Å². The van der Waals surface area contributed by atoms with Gasteiger partial charge in [0.1, 0.15) is 0 Å². The first-order chi connectivity index (χ1) is 9.24. The van der Waals surface area contributed by atoms with Gasteiger partial charge in [-0.2, -0.15) is 0 Å². The van der Waals surface area contributed by atoms with Crippen LogP contribution in [0.2, 0.25) is 0 Å². The van der Waals surface area contributed by atoms with Crippen molar-refractivity contribution in [2.75, 3.05) is 16.8 Å². The van der Waals surface area contributed by atoms with Crippen molar-refractivity contribution in [2.24, 2.45) is 0 Å². The third kappa shape index (κ3) is 2.27. The Kier molecular flexibility index (Phi) is 2.87. The van der Waals surface area contributed by atoms with Gasteiger partial charge >= 0.3 is 0 Å². The molecule has 2 aromatic rings. The van der Waals surface area contributed by atoms with Crippen LogP contribution in [0.15, 0.2) is 36.7 Å². The molecule has 0 atom stereocenters. The average Bonchev–Trinajstić information content (AvgIpc) is 2.83. The molecule has 0 saturated heterocycles. The predicted octanol–water partition coefficient (Wildman–Crippen LogP) is 2.13. The van der Waals surface area contributed by atoms with Gasteiger partial charge < -0.3 is 10.2 Å². The zero-order valence-electron chi connectivity index (χ0n) is 10.6. The number of carbonyl (C=O) groups excluding carboxylic acids is 1. The molecular weight excluding hydrogens is 240 g/mol. The molecule has 5 nitrogen and oxygen atoms in total. The van der Waals surface area contributed by atoms with Crippen LogP contribution in [0.5, 0.6) is 0 Å². The van der Waals surface area contributed by atoms with Crippen molar-refractivity contribution >= 4 is 23.2 Å². The molecule has 0 bridgehead atoms. The van der Waals surface area contributed by atoms with E-state index in [1.807, 2.05) is 12.1 Å². The average molecular weight is 254 g/mol. The number of benzene rings is 1. The summed E-state index contributed by atoms with van der Waals surface area (Å²) in [6, 6.07) is 7.73. The SMILES string of the molecule is CC(=O)N1CCc2cc(Nc3ncccn3)ccc21. The van der Waals surface area contributed by atoms with Crippen LogP contribution in [0.4, 0.5) is 17.3 Å². The standard InChI is InChI=1S/C14H14N4O/c1-10(19)18-8-5-11-9-12(3-4-13(11)18)17-14-15-6-2-7-16-14/h2-4,6-7,9H,5,8H2,1H3,(H,15,16,17). The van der Waals surface area contributed by atoms with Gasteiger partial charge in [-0.15, -0.1) is 0 Å². The largest absolute Gasteiger partial charge is 0.324 e. The highest BCUT2D eigenvalue weighted by atomic mass is 16.2. The van der Waals surface area contributed by atoms with E-state index in [1.165, 1.54) is 5.56 Å². The van der Waals surface area contributed by atoms with E-state index in [0.29, 0.717) is 5.95 Å². The first kappa shape index (κ1) is 11.6. The van der Waals surface area contributed by atoms with Gasteiger partial charge in [-0.05, 0) is 36.2 Å². The van der Waals surface area contributed by atoms with E-state index in [1.54, 1.807) is 30.3 Å². The van der Waals surface area contributed by atoms with Crippen molar-refractivity contribution in [2.45, 2.75) is 13.3 Å². The Morgan fingerprint density at radius 1 is 1.32 bits per heavy atom. The Morgan fingerprint density at radius 3 is 2.84 bits per heavy atom. The smallest absolute Gasteiger partial charge is 0.227 e. The maximum atomic E-state index is 11.5. The van der Waals surface area contributed by atoms with Crippen molar-refractivity contribution in [3.63, 3.8) is 0 Å². The molecule has 0 spiro atoms. The Bertz CT molecular complexity index is 612. The van der Waals surface area contributed by atoms with Gasteiger partial charge in [0.25, 0.3) is 0 Å². The molecule has 0 saturated carbocycles. The lowest BCUT2D eigenvalue weighted by molar-refractivity contribution is -0.116. The molecule has 0 unspecified atom stereocenters. The van der Waals surface area contributed by atoms with Gasteiger partial charge in [0, 0.05) is 37.2 Å². The lowest BCUT2D eigenvalue weighted by Crippen LogP contribution is -2.25. The van der Waals surface area contributed by atoms with E-state index in [9.17, 15) is 4.79 Å². The van der Waals surface area contributed by atoms with Crippen molar-refractivity contribution in [1.82, 2.24) is 9.97 Å². The Labute approximate surface area is 111 Å². The molecule has 1 aromatic carbocycles. The molecule has 1 aromatic heterocycles. The minimum absolute atomic E-state index is 0.0888. The fourth-order valence-corrected chi connectivity index (χ4v) is 2.30. The zero-order chi connectivity index (χ0) is 13.2. The van der Waals surface area contributed by atoms with Crippen molar-refractivity contribution in [3.05, 3.63) is 42.2 Å². The van der Waals surface area contributed by atoms with E-state index >= 15 is 0 Å². The van der Waals surface area contributed by atoms with Crippen LogP contribution in [0.25, 0.3) is 0 Å². The molecule has 5 heteroatoms. The number of anilines is 3. The number of aromatic nitrogens is 2. The highest BCUT2D eigenvalue weighted by Gasteiger charge is 2.22. The topological polar surface area (TPSA) is 58.1 Å². The van der Waals surface area contributed by atoms with E-state index in [-0.39, 0.29) is 5.91 Å². The van der Waals surface area contributed by atoms with Crippen molar-refractivity contribution < 1.29 is 4.79 Å². The molecule has 1 aliphatic rings. The van der Waals surface area contributed by atoms with Crippen LogP contribution < -0.4 is 10.2 Å². The third-order valence-corrected chi connectivity index (χ3v) is 3.18. The minimum Gasteiger partial charge on any atom is -0.324 e. The van der Waals surface area contributed by atoms with E-state index in [0.717, 1.165) is 24.3 Å². The van der Waals surface area contributed by atoms with Crippen molar-refractivity contribution in [1.29, 1.82) is 0 Å². The highest BCUT2D eigenvalue weighted by molar-refractivity contribution is 5.94. The van der Waals surface area contributed by atoms with Gasteiger partial charge in [0.15, 0.2) is 0 Å². The summed E-state index contributed by atoms with van der Waals surface area (Å²) in [5.74, 6) is 0.662. The second kappa shape index (κ2) is 4.68. The number of nitrogens with one attached hydrogen (secondary N) is 1. The zero-order valence-corrected chi connectivity index (χ0v) is 10.6. The predicted molar refractivity (Wildman–Crippen MR) is 73.5 cm³/mol. The molecule has 0 radical (unpaired) electrons. The van der Waals surface area contributed by atoms with E-state index in [4.69, 9.17) is 0 Å². The maximum absolute atomic E-state index is 11.5. The Balaban J connectivity index is 1.85. The third-order valence-electron chi connectivity index (χ3n) is 3.18. The number of rotatable bonds is 2. The van der Waals surface area contributed by atoms with Crippen LogP contribution in [0.1, 0.15) is 12.5 Å². The quantitative estimate of drug-likeness (QED) is 0.892. The van der Waals surface area contributed by atoms with E-state index in [2.05, 4.69) is 21.4 Å². The fraction of sp³-hybridized carbons (Fsp3) is 0.214. The normalized spacial score (nSPS) is 13.2. The number of amides is 1. The van der Waals surface area contributed by atoms with Crippen LogP contribution in [-0.2, 0) is 11.2 Å². The fourth-order valence-electron chi connectivity index (χ4n) is 2.30. The lowest BCUT2D eigenvalue weighted by atomic mass is 10.1. The summed E-state index contributed by atoms with van der Waals surface area (Å²) in [6.45, 7) is 2.36. The van der Waals surface area contributed by atoms with Crippen LogP contribution >= 0.6 is 0 Å². The highest BCUT2D eigenvalue weighted by Crippen LogP contribution is 2.30. The summed E-state index contributed by atoms with van der Waals surface area (Å²) in [5.41, 5.74) is 3.12. The summed E-state index contributed by atoms with van der Waals surface area (Å²) in [7, 11) is 0. The second-order valence-corrected chi connectivity index (χ2v) is 4.46. The van der Waals surface area contributed by atoms with Crippen molar-refractivity contribution in [3.8, 4) is 0 Å². The molecule has 0 aliphatic carbocycles. The number of carbonyl (C=O) groups is 1. The molecule has 96 valence electrons. The van der Waals surface area contributed by atoms with E-state index < -0.39 is 0 Å². The molecule has 3 rings (SSSR count). The maximum Gasteiger partial charge on any atom is 0.227 e. The van der Waals surface area contributed by atoms with Gasteiger partial charge in [-0.1, -0.05) is 0 Å². The van der Waals surface area contributed by atoms with Gasteiger partial charge in [-0.3, -0.25) is 4.79 Å². The Morgan fingerprint density at radius 2 is 2.11 bits per heavy atom. The molecule has 19 heavy (non-hydrogen) atoms. The van der Waals surface area contributed by atoms with Crippen LogP contribution in [0.3, 0.4) is 0 Å². The molecule has 1 amide bonds. The summed E-state index contributed by atoms with van der Waals surface area (Å²) < 4.78 is 0. The summed E-state index contributed by atoms with van der Waals surface area (Å²) in [5, 5.41) is 3.15.